The summed E-state index contributed by atoms with van der Waals surface area (Å²) in [6.07, 6.45) is 1.25. The summed E-state index contributed by atoms with van der Waals surface area (Å²) in [6, 6.07) is 5.52. The Hall–Kier alpha value is -0.390. The summed E-state index contributed by atoms with van der Waals surface area (Å²) in [5.74, 6) is -0.0306. The van der Waals surface area contributed by atoms with Crippen LogP contribution in [0.15, 0.2) is 27.1 Å². The third kappa shape index (κ3) is 3.09. The van der Waals surface area contributed by atoms with Crippen molar-refractivity contribution in [2.75, 3.05) is 13.1 Å². The van der Waals surface area contributed by atoms with E-state index >= 15 is 0 Å². The first-order chi connectivity index (χ1) is 8.08. The van der Waals surface area contributed by atoms with Crippen molar-refractivity contribution in [1.82, 2.24) is 4.90 Å². The molecule has 1 N–H and O–H groups in total. The SMILES string of the molecule is O=C(c1cc(Br)ccc1Br)N1CCC[C@H](O)C1. The van der Waals surface area contributed by atoms with Crippen LogP contribution in [-0.2, 0) is 0 Å². The lowest BCUT2D eigenvalue weighted by atomic mass is 10.1. The van der Waals surface area contributed by atoms with Crippen LogP contribution in [0, 0.1) is 0 Å². The number of carbonyl (C=O) groups is 1. The van der Waals surface area contributed by atoms with E-state index in [1.165, 1.54) is 0 Å². The zero-order valence-corrected chi connectivity index (χ0v) is 12.4. The third-order valence-electron chi connectivity index (χ3n) is 2.84. The maximum Gasteiger partial charge on any atom is 0.255 e. The predicted molar refractivity (Wildman–Crippen MR) is 73.0 cm³/mol. The van der Waals surface area contributed by atoms with Gasteiger partial charge in [0.25, 0.3) is 5.91 Å². The summed E-state index contributed by atoms with van der Waals surface area (Å²) in [5.41, 5.74) is 0.633. The molecular weight excluding hydrogens is 350 g/mol. The number of piperidine rings is 1. The fourth-order valence-electron chi connectivity index (χ4n) is 1.97. The highest BCUT2D eigenvalue weighted by Gasteiger charge is 2.24. The van der Waals surface area contributed by atoms with Gasteiger partial charge in [0, 0.05) is 22.0 Å². The molecule has 0 radical (unpaired) electrons. The number of rotatable bonds is 1. The van der Waals surface area contributed by atoms with E-state index < -0.39 is 6.10 Å². The van der Waals surface area contributed by atoms with E-state index in [1.807, 2.05) is 12.1 Å². The van der Waals surface area contributed by atoms with Crippen molar-refractivity contribution in [3.63, 3.8) is 0 Å². The lowest BCUT2D eigenvalue weighted by Crippen LogP contribution is -2.42. The zero-order valence-electron chi connectivity index (χ0n) is 9.20. The molecule has 1 amide bonds. The molecule has 1 aliphatic rings. The molecule has 0 saturated carbocycles. The van der Waals surface area contributed by atoms with Crippen LogP contribution in [0.25, 0.3) is 0 Å². The van der Waals surface area contributed by atoms with Gasteiger partial charge in [-0.15, -0.1) is 0 Å². The first kappa shape index (κ1) is 13.1. The van der Waals surface area contributed by atoms with Gasteiger partial charge in [0.1, 0.15) is 0 Å². The topological polar surface area (TPSA) is 40.5 Å². The molecule has 0 aromatic heterocycles. The van der Waals surface area contributed by atoms with Crippen LogP contribution >= 0.6 is 31.9 Å². The Morgan fingerprint density at radius 2 is 2.18 bits per heavy atom. The van der Waals surface area contributed by atoms with Crippen molar-refractivity contribution in [3.8, 4) is 0 Å². The van der Waals surface area contributed by atoms with Gasteiger partial charge in [0.15, 0.2) is 0 Å². The summed E-state index contributed by atoms with van der Waals surface area (Å²) in [7, 11) is 0. The van der Waals surface area contributed by atoms with Gasteiger partial charge in [-0.2, -0.15) is 0 Å². The van der Waals surface area contributed by atoms with Gasteiger partial charge < -0.3 is 10.0 Å². The number of β-amino-alcohol motifs (C(OH)–C–C–N with tert-alkyl or cyclic N) is 1. The van der Waals surface area contributed by atoms with Crippen molar-refractivity contribution in [1.29, 1.82) is 0 Å². The first-order valence-electron chi connectivity index (χ1n) is 5.50. The van der Waals surface area contributed by atoms with Gasteiger partial charge in [-0.05, 0) is 47.0 Å². The zero-order chi connectivity index (χ0) is 12.4. The van der Waals surface area contributed by atoms with E-state index in [0.29, 0.717) is 12.1 Å². The molecule has 92 valence electrons. The molecule has 1 saturated heterocycles. The summed E-state index contributed by atoms with van der Waals surface area (Å²) in [6.45, 7) is 1.15. The van der Waals surface area contributed by atoms with Gasteiger partial charge >= 0.3 is 0 Å². The van der Waals surface area contributed by atoms with E-state index in [2.05, 4.69) is 31.9 Å². The number of amides is 1. The minimum absolute atomic E-state index is 0.0306. The quantitative estimate of drug-likeness (QED) is 0.834. The van der Waals surface area contributed by atoms with Gasteiger partial charge in [0.2, 0.25) is 0 Å². The molecule has 2 rings (SSSR count). The lowest BCUT2D eigenvalue weighted by Gasteiger charge is -2.30. The van der Waals surface area contributed by atoms with Crippen LogP contribution < -0.4 is 0 Å². The average Bonchev–Trinajstić information content (AvgIpc) is 2.31. The highest BCUT2D eigenvalue weighted by Crippen LogP contribution is 2.24. The molecule has 1 fully saturated rings. The molecule has 1 heterocycles. The second kappa shape index (κ2) is 5.50. The van der Waals surface area contributed by atoms with Gasteiger partial charge in [-0.3, -0.25) is 4.79 Å². The number of likely N-dealkylation sites (tertiary alicyclic amines) is 1. The summed E-state index contributed by atoms with van der Waals surface area (Å²) >= 11 is 6.74. The van der Waals surface area contributed by atoms with E-state index in [0.717, 1.165) is 28.3 Å². The van der Waals surface area contributed by atoms with Crippen molar-refractivity contribution in [2.24, 2.45) is 0 Å². The van der Waals surface area contributed by atoms with Crippen LogP contribution in [0.5, 0.6) is 0 Å². The molecular formula is C12H13Br2NO2. The van der Waals surface area contributed by atoms with Crippen molar-refractivity contribution >= 4 is 37.8 Å². The summed E-state index contributed by atoms with van der Waals surface area (Å²) in [4.78, 5) is 14.0. The average molecular weight is 363 g/mol. The molecule has 1 aromatic carbocycles. The third-order valence-corrected chi connectivity index (χ3v) is 4.03. The highest BCUT2D eigenvalue weighted by atomic mass is 79.9. The number of nitrogens with zero attached hydrogens (tertiary/aromatic N) is 1. The predicted octanol–water partition coefficient (Wildman–Crippen LogP) is 2.81. The number of hydrogen-bond donors (Lipinski definition) is 1. The maximum atomic E-state index is 12.3. The molecule has 0 spiro atoms. The monoisotopic (exact) mass is 361 g/mol. The van der Waals surface area contributed by atoms with Gasteiger partial charge in [-0.25, -0.2) is 0 Å². The minimum Gasteiger partial charge on any atom is -0.391 e. The van der Waals surface area contributed by atoms with Crippen LogP contribution in [0.4, 0.5) is 0 Å². The standard InChI is InChI=1S/C12H13Br2NO2/c13-8-3-4-11(14)10(6-8)12(17)15-5-1-2-9(16)7-15/h3-4,6,9,16H,1-2,5,7H2/t9-/m0/s1. The Kier molecular flexibility index (Phi) is 4.22. The molecule has 1 atom stereocenters. The maximum absolute atomic E-state index is 12.3. The van der Waals surface area contributed by atoms with E-state index in [4.69, 9.17) is 0 Å². The Labute approximate surface area is 117 Å². The highest BCUT2D eigenvalue weighted by molar-refractivity contribution is 9.11. The molecule has 1 aliphatic heterocycles. The van der Waals surface area contributed by atoms with Crippen LogP contribution in [0.3, 0.4) is 0 Å². The molecule has 17 heavy (non-hydrogen) atoms. The number of aliphatic hydroxyl groups is 1. The van der Waals surface area contributed by atoms with Gasteiger partial charge in [-0.1, -0.05) is 15.9 Å². The largest absolute Gasteiger partial charge is 0.391 e. The number of carbonyl (C=O) groups excluding carboxylic acids is 1. The van der Waals surface area contributed by atoms with E-state index in [-0.39, 0.29) is 5.91 Å². The van der Waals surface area contributed by atoms with Crippen LogP contribution in [-0.4, -0.2) is 35.1 Å². The summed E-state index contributed by atoms with van der Waals surface area (Å²) in [5, 5.41) is 9.58. The molecule has 0 unspecified atom stereocenters. The molecule has 5 heteroatoms. The van der Waals surface area contributed by atoms with Crippen molar-refractivity contribution in [2.45, 2.75) is 18.9 Å². The molecule has 0 bridgehead atoms. The van der Waals surface area contributed by atoms with E-state index in [1.54, 1.807) is 11.0 Å². The molecule has 1 aromatic rings. The normalized spacial score (nSPS) is 20.4. The van der Waals surface area contributed by atoms with Crippen LogP contribution in [0.2, 0.25) is 0 Å². The minimum atomic E-state index is -0.390. The second-order valence-electron chi connectivity index (χ2n) is 4.17. The molecule has 0 aliphatic carbocycles. The van der Waals surface area contributed by atoms with E-state index in [9.17, 15) is 9.90 Å². The number of benzene rings is 1. The molecule has 3 nitrogen and oxygen atoms in total. The smallest absolute Gasteiger partial charge is 0.255 e. The number of aliphatic hydroxyl groups excluding tert-OH is 1. The van der Waals surface area contributed by atoms with Gasteiger partial charge in [0.05, 0.1) is 11.7 Å². The fourth-order valence-corrected chi connectivity index (χ4v) is 2.75. The number of halogens is 2. The van der Waals surface area contributed by atoms with Crippen molar-refractivity contribution < 1.29 is 9.90 Å². The Bertz CT molecular complexity index is 437. The fraction of sp³-hybridized carbons (Fsp3) is 0.417. The lowest BCUT2D eigenvalue weighted by molar-refractivity contribution is 0.0473. The Morgan fingerprint density at radius 3 is 2.88 bits per heavy atom. The van der Waals surface area contributed by atoms with Crippen molar-refractivity contribution in [3.05, 3.63) is 32.7 Å². The second-order valence-corrected chi connectivity index (χ2v) is 5.94. The first-order valence-corrected chi connectivity index (χ1v) is 7.09. The van der Waals surface area contributed by atoms with Crippen LogP contribution in [0.1, 0.15) is 23.2 Å². The number of hydrogen-bond acceptors (Lipinski definition) is 2. The Balaban J connectivity index is 2.21. The summed E-state index contributed by atoms with van der Waals surface area (Å²) < 4.78 is 1.66. The Morgan fingerprint density at radius 1 is 1.41 bits per heavy atom.